The number of nitrogens with zero attached hydrogens (tertiary/aromatic N) is 1. The van der Waals surface area contributed by atoms with Crippen molar-refractivity contribution in [2.75, 3.05) is 6.54 Å². The molecule has 2 aliphatic heterocycles. The van der Waals surface area contributed by atoms with E-state index < -0.39 is 0 Å². The smallest absolute Gasteiger partial charge is 0.158 e. The molecule has 1 atom stereocenters. The van der Waals surface area contributed by atoms with E-state index in [2.05, 4.69) is 4.90 Å². The topological polar surface area (TPSA) is 84.2 Å². The highest BCUT2D eigenvalue weighted by Crippen LogP contribution is 2.45. The van der Waals surface area contributed by atoms with E-state index in [0.29, 0.717) is 6.04 Å². The van der Waals surface area contributed by atoms with Crippen LogP contribution in [-0.4, -0.2) is 37.9 Å². The maximum atomic E-state index is 10.1. The maximum absolute atomic E-state index is 10.1. The number of piperidine rings is 1. The van der Waals surface area contributed by atoms with Crippen molar-refractivity contribution in [3.05, 3.63) is 35.4 Å². The molecule has 3 aromatic carbocycles. The van der Waals surface area contributed by atoms with Gasteiger partial charge in [-0.15, -0.1) is 12.4 Å². The molecular weight excluding hydrogens is 366 g/mol. The summed E-state index contributed by atoms with van der Waals surface area (Å²) >= 11 is 0. The number of phenolic OH excluding ortho intramolecular Hbond substituents is 4. The normalized spacial score (nSPS) is 19.5. The second-order valence-corrected chi connectivity index (χ2v) is 7.55. The number of hydrogen-bond acceptors (Lipinski definition) is 5. The standard InChI is InChI=1S/C21H21NO4.ClH/c23-18-6-13-12-5-11-3-1-2-4-22(11)10-17(12)16-9-21(26)20(25)8-15(16)14(13)7-19(18)24;/h6-9,11,23-26H,1-5,10H2;1H. The lowest BCUT2D eigenvalue weighted by atomic mass is 9.82. The van der Waals surface area contributed by atoms with Crippen LogP contribution in [0.25, 0.3) is 21.5 Å². The second-order valence-electron chi connectivity index (χ2n) is 7.55. The van der Waals surface area contributed by atoms with Gasteiger partial charge in [-0.3, -0.25) is 4.90 Å². The van der Waals surface area contributed by atoms with E-state index in [4.69, 9.17) is 0 Å². The minimum absolute atomic E-state index is 0. The van der Waals surface area contributed by atoms with Crippen molar-refractivity contribution in [3.63, 3.8) is 0 Å². The number of rotatable bonds is 0. The zero-order valence-electron chi connectivity index (χ0n) is 14.8. The Hall–Kier alpha value is -2.37. The van der Waals surface area contributed by atoms with Crippen LogP contribution in [-0.2, 0) is 13.0 Å². The highest BCUT2D eigenvalue weighted by Gasteiger charge is 2.31. The number of aromatic hydroxyl groups is 4. The predicted molar refractivity (Wildman–Crippen MR) is 107 cm³/mol. The third-order valence-corrected chi connectivity index (χ3v) is 6.08. The summed E-state index contributed by atoms with van der Waals surface area (Å²) in [6.07, 6.45) is 4.51. The van der Waals surface area contributed by atoms with Gasteiger partial charge in [-0.25, -0.2) is 0 Å². The molecule has 2 heterocycles. The van der Waals surface area contributed by atoms with Gasteiger partial charge in [0.1, 0.15) is 0 Å². The third-order valence-electron chi connectivity index (χ3n) is 6.08. The van der Waals surface area contributed by atoms with E-state index in [1.54, 1.807) is 24.3 Å². The fraction of sp³-hybridized carbons (Fsp3) is 0.333. The molecule has 4 N–H and O–H groups in total. The van der Waals surface area contributed by atoms with Gasteiger partial charge in [0, 0.05) is 12.6 Å². The van der Waals surface area contributed by atoms with Gasteiger partial charge in [0.2, 0.25) is 0 Å². The summed E-state index contributed by atoms with van der Waals surface area (Å²) in [5, 5.41) is 43.6. The van der Waals surface area contributed by atoms with Crippen LogP contribution in [0, 0.1) is 0 Å². The minimum Gasteiger partial charge on any atom is -0.504 e. The monoisotopic (exact) mass is 387 g/mol. The maximum Gasteiger partial charge on any atom is 0.158 e. The molecule has 0 bridgehead atoms. The fourth-order valence-electron chi connectivity index (χ4n) is 4.78. The number of fused-ring (bicyclic) bond motifs is 7. The number of hydrogen-bond donors (Lipinski definition) is 4. The predicted octanol–water partition coefficient (Wildman–Crippen LogP) is 4.15. The summed E-state index contributed by atoms with van der Waals surface area (Å²) in [7, 11) is 0. The quantitative estimate of drug-likeness (QED) is 0.344. The molecule has 0 amide bonds. The van der Waals surface area contributed by atoms with Crippen LogP contribution < -0.4 is 0 Å². The molecule has 1 unspecified atom stereocenters. The van der Waals surface area contributed by atoms with E-state index in [1.807, 2.05) is 0 Å². The Morgan fingerprint density at radius 2 is 1.22 bits per heavy atom. The fourth-order valence-corrected chi connectivity index (χ4v) is 4.78. The van der Waals surface area contributed by atoms with Crippen molar-refractivity contribution in [1.82, 2.24) is 4.90 Å². The van der Waals surface area contributed by atoms with Gasteiger partial charge in [0.15, 0.2) is 23.0 Å². The Morgan fingerprint density at radius 3 is 1.81 bits per heavy atom. The van der Waals surface area contributed by atoms with Crippen LogP contribution in [0.5, 0.6) is 23.0 Å². The molecule has 1 saturated heterocycles. The molecule has 0 aliphatic carbocycles. The molecule has 3 aromatic rings. The van der Waals surface area contributed by atoms with Crippen molar-refractivity contribution in [2.45, 2.75) is 38.3 Å². The lowest BCUT2D eigenvalue weighted by Gasteiger charge is -2.41. The van der Waals surface area contributed by atoms with Crippen LogP contribution in [0.15, 0.2) is 24.3 Å². The summed E-state index contributed by atoms with van der Waals surface area (Å²) in [4.78, 5) is 2.50. The van der Waals surface area contributed by atoms with Gasteiger partial charge in [-0.05, 0) is 82.7 Å². The third kappa shape index (κ3) is 2.65. The first-order valence-corrected chi connectivity index (χ1v) is 9.12. The molecule has 0 aromatic heterocycles. The average Bonchev–Trinajstić information content (AvgIpc) is 2.64. The molecule has 0 spiro atoms. The van der Waals surface area contributed by atoms with E-state index in [-0.39, 0.29) is 35.4 Å². The van der Waals surface area contributed by atoms with Crippen molar-refractivity contribution >= 4 is 34.0 Å². The molecule has 27 heavy (non-hydrogen) atoms. The Balaban J connectivity index is 0.00000180. The number of halogens is 1. The first-order chi connectivity index (χ1) is 12.5. The summed E-state index contributed by atoms with van der Waals surface area (Å²) in [5.74, 6) is -0.629. The molecule has 5 nitrogen and oxygen atoms in total. The second kappa shape index (κ2) is 6.36. The Kier molecular flexibility index (Phi) is 4.24. The highest BCUT2D eigenvalue weighted by molar-refractivity contribution is 6.12. The first kappa shape index (κ1) is 18.0. The molecule has 0 saturated carbocycles. The summed E-state index contributed by atoms with van der Waals surface area (Å²) in [6.45, 7) is 1.88. The SMILES string of the molecule is Cl.Oc1cc2c3c(c4cc(O)c(O)cc4c2cc1O)CN1CCCCC1C3. The molecule has 1 fully saturated rings. The first-order valence-electron chi connectivity index (χ1n) is 9.12. The van der Waals surface area contributed by atoms with Gasteiger partial charge in [0.25, 0.3) is 0 Å². The van der Waals surface area contributed by atoms with Gasteiger partial charge < -0.3 is 20.4 Å². The van der Waals surface area contributed by atoms with E-state index in [9.17, 15) is 20.4 Å². The van der Waals surface area contributed by atoms with Crippen LogP contribution >= 0.6 is 12.4 Å². The Labute approximate surface area is 162 Å². The Morgan fingerprint density at radius 1 is 0.704 bits per heavy atom. The van der Waals surface area contributed by atoms with E-state index in [1.165, 1.54) is 24.8 Å². The summed E-state index contributed by atoms with van der Waals surface area (Å²) in [6, 6.07) is 6.85. The van der Waals surface area contributed by atoms with Crippen LogP contribution in [0.4, 0.5) is 0 Å². The van der Waals surface area contributed by atoms with Gasteiger partial charge in [-0.1, -0.05) is 6.42 Å². The molecular formula is C21H22ClNO4. The lowest BCUT2D eigenvalue weighted by Crippen LogP contribution is -2.43. The van der Waals surface area contributed by atoms with Crippen LogP contribution in [0.2, 0.25) is 0 Å². The number of benzene rings is 3. The van der Waals surface area contributed by atoms with Crippen molar-refractivity contribution in [3.8, 4) is 23.0 Å². The van der Waals surface area contributed by atoms with E-state index in [0.717, 1.165) is 46.6 Å². The summed E-state index contributed by atoms with van der Waals surface area (Å²) < 4.78 is 0. The van der Waals surface area contributed by atoms with Crippen LogP contribution in [0.3, 0.4) is 0 Å². The molecule has 6 heteroatoms. The molecule has 2 aliphatic rings. The van der Waals surface area contributed by atoms with Gasteiger partial charge in [-0.2, -0.15) is 0 Å². The number of phenols is 4. The van der Waals surface area contributed by atoms with Crippen molar-refractivity contribution in [1.29, 1.82) is 0 Å². The van der Waals surface area contributed by atoms with Gasteiger partial charge in [0.05, 0.1) is 0 Å². The Bertz CT molecular complexity index is 981. The van der Waals surface area contributed by atoms with Gasteiger partial charge >= 0.3 is 0 Å². The van der Waals surface area contributed by atoms with E-state index >= 15 is 0 Å². The lowest BCUT2D eigenvalue weighted by molar-refractivity contribution is 0.128. The van der Waals surface area contributed by atoms with Crippen molar-refractivity contribution in [2.24, 2.45) is 0 Å². The minimum atomic E-state index is -0.182. The van der Waals surface area contributed by atoms with Crippen LogP contribution in [0.1, 0.15) is 30.4 Å². The molecule has 5 rings (SSSR count). The summed E-state index contributed by atoms with van der Waals surface area (Å²) in [5.41, 5.74) is 2.32. The van der Waals surface area contributed by atoms with Crippen molar-refractivity contribution < 1.29 is 20.4 Å². The molecule has 0 radical (unpaired) electrons. The molecule has 142 valence electrons. The highest BCUT2D eigenvalue weighted by atomic mass is 35.5. The largest absolute Gasteiger partial charge is 0.504 e. The zero-order chi connectivity index (χ0) is 18.0. The zero-order valence-corrected chi connectivity index (χ0v) is 15.6. The average molecular weight is 388 g/mol.